The van der Waals surface area contributed by atoms with Gasteiger partial charge in [0.15, 0.2) is 0 Å². The van der Waals surface area contributed by atoms with Crippen molar-refractivity contribution < 1.29 is 4.79 Å². The van der Waals surface area contributed by atoms with Crippen LogP contribution in [0.3, 0.4) is 0 Å². The number of nitrogens with one attached hydrogen (secondary N) is 1. The number of amides is 1. The summed E-state index contributed by atoms with van der Waals surface area (Å²) in [5, 5.41) is 4.55. The summed E-state index contributed by atoms with van der Waals surface area (Å²) in [5.41, 5.74) is 1.73. The maximum absolute atomic E-state index is 12.2. The summed E-state index contributed by atoms with van der Waals surface area (Å²) in [6, 6.07) is 12.9. The fourth-order valence-electron chi connectivity index (χ4n) is 2.80. The van der Waals surface area contributed by atoms with Crippen LogP contribution in [0.4, 0.5) is 11.4 Å². The third-order valence-corrected chi connectivity index (χ3v) is 4.94. The smallest absolute Gasteiger partial charge is 0.238 e. The molecule has 0 atom stereocenters. The Balaban J connectivity index is 1.50. The molecule has 132 valence electrons. The highest BCUT2D eigenvalue weighted by molar-refractivity contribution is 6.36. The number of hydrogen-bond donors (Lipinski definition) is 1. The summed E-state index contributed by atoms with van der Waals surface area (Å²) in [5.74, 6) is -0.0795. The summed E-state index contributed by atoms with van der Waals surface area (Å²) >= 11 is 17.9. The van der Waals surface area contributed by atoms with Crippen LogP contribution in [0.2, 0.25) is 15.1 Å². The predicted octanol–water partition coefficient (Wildman–Crippen LogP) is 4.41. The van der Waals surface area contributed by atoms with Crippen molar-refractivity contribution in [3.05, 3.63) is 57.5 Å². The lowest BCUT2D eigenvalue weighted by Crippen LogP contribution is -2.48. The Morgan fingerprint density at radius 3 is 2.20 bits per heavy atom. The lowest BCUT2D eigenvalue weighted by Gasteiger charge is -2.35. The van der Waals surface area contributed by atoms with Crippen LogP contribution in [0.5, 0.6) is 0 Å². The summed E-state index contributed by atoms with van der Waals surface area (Å²) in [6.07, 6.45) is 0. The first-order chi connectivity index (χ1) is 12.0. The Labute approximate surface area is 162 Å². The van der Waals surface area contributed by atoms with Gasteiger partial charge in [0.2, 0.25) is 5.91 Å². The van der Waals surface area contributed by atoms with Crippen LogP contribution in [0.1, 0.15) is 0 Å². The summed E-state index contributed by atoms with van der Waals surface area (Å²) < 4.78 is 0. The highest BCUT2D eigenvalue weighted by atomic mass is 35.5. The van der Waals surface area contributed by atoms with E-state index < -0.39 is 0 Å². The van der Waals surface area contributed by atoms with Gasteiger partial charge in [0.05, 0.1) is 17.3 Å². The van der Waals surface area contributed by atoms with E-state index in [4.69, 9.17) is 34.8 Å². The van der Waals surface area contributed by atoms with Crippen LogP contribution in [0, 0.1) is 0 Å². The number of carbonyl (C=O) groups is 1. The van der Waals surface area contributed by atoms with Crippen molar-refractivity contribution in [1.82, 2.24) is 4.90 Å². The molecule has 4 nitrogen and oxygen atoms in total. The van der Waals surface area contributed by atoms with Gasteiger partial charge in [-0.2, -0.15) is 0 Å². The van der Waals surface area contributed by atoms with Gasteiger partial charge in [-0.3, -0.25) is 9.69 Å². The molecule has 2 aromatic rings. The van der Waals surface area contributed by atoms with Crippen molar-refractivity contribution in [2.45, 2.75) is 0 Å². The van der Waals surface area contributed by atoms with Gasteiger partial charge in [-0.15, -0.1) is 0 Å². The number of piperazine rings is 1. The zero-order valence-electron chi connectivity index (χ0n) is 13.5. The first-order valence-corrected chi connectivity index (χ1v) is 9.12. The highest BCUT2D eigenvalue weighted by Gasteiger charge is 2.19. The molecule has 1 aliphatic heterocycles. The molecule has 1 N–H and O–H groups in total. The second-order valence-electron chi connectivity index (χ2n) is 5.91. The Morgan fingerprint density at radius 1 is 0.920 bits per heavy atom. The van der Waals surface area contributed by atoms with Crippen molar-refractivity contribution in [2.24, 2.45) is 0 Å². The van der Waals surface area contributed by atoms with Gasteiger partial charge in [0.25, 0.3) is 0 Å². The molecule has 0 aliphatic carbocycles. The molecular weight excluding hydrogens is 381 g/mol. The second-order valence-corrected chi connectivity index (χ2v) is 7.19. The van der Waals surface area contributed by atoms with Crippen LogP contribution in [-0.2, 0) is 4.79 Å². The van der Waals surface area contributed by atoms with Gasteiger partial charge >= 0.3 is 0 Å². The molecule has 1 heterocycles. The monoisotopic (exact) mass is 397 g/mol. The van der Waals surface area contributed by atoms with Crippen molar-refractivity contribution in [3.8, 4) is 0 Å². The second kappa shape index (κ2) is 8.28. The van der Waals surface area contributed by atoms with Gasteiger partial charge in [-0.25, -0.2) is 0 Å². The molecule has 0 saturated carbocycles. The Kier molecular flexibility index (Phi) is 6.07. The molecule has 7 heteroatoms. The third-order valence-electron chi connectivity index (χ3n) is 4.14. The van der Waals surface area contributed by atoms with Crippen LogP contribution in [-0.4, -0.2) is 43.5 Å². The quantitative estimate of drug-likeness (QED) is 0.829. The normalized spacial score (nSPS) is 15.2. The molecule has 1 fully saturated rings. The molecule has 0 bridgehead atoms. The van der Waals surface area contributed by atoms with Crippen molar-refractivity contribution in [1.29, 1.82) is 0 Å². The average molecular weight is 399 g/mol. The number of halogens is 3. The highest BCUT2D eigenvalue weighted by Crippen LogP contribution is 2.25. The van der Waals surface area contributed by atoms with E-state index in [9.17, 15) is 4.79 Å². The lowest BCUT2D eigenvalue weighted by atomic mass is 10.2. The van der Waals surface area contributed by atoms with Crippen molar-refractivity contribution >= 4 is 52.1 Å². The Hall–Kier alpha value is -1.46. The molecule has 0 radical (unpaired) electrons. The van der Waals surface area contributed by atoms with Crippen molar-refractivity contribution in [3.63, 3.8) is 0 Å². The largest absolute Gasteiger partial charge is 0.369 e. The van der Waals surface area contributed by atoms with Crippen LogP contribution in [0.15, 0.2) is 42.5 Å². The number of hydrogen-bond acceptors (Lipinski definition) is 3. The topological polar surface area (TPSA) is 35.6 Å². The van der Waals surface area contributed by atoms with Gasteiger partial charge in [-0.05, 0) is 42.5 Å². The fraction of sp³-hybridized carbons (Fsp3) is 0.278. The number of anilines is 2. The first kappa shape index (κ1) is 18.3. The number of nitrogens with zero attached hydrogens (tertiary/aromatic N) is 2. The number of benzene rings is 2. The summed E-state index contributed by atoms with van der Waals surface area (Å²) in [7, 11) is 0. The van der Waals surface area contributed by atoms with E-state index in [1.54, 1.807) is 18.2 Å². The molecule has 0 spiro atoms. The minimum Gasteiger partial charge on any atom is -0.369 e. The average Bonchev–Trinajstić information content (AvgIpc) is 2.59. The lowest BCUT2D eigenvalue weighted by molar-refractivity contribution is -0.117. The van der Waals surface area contributed by atoms with E-state index in [0.717, 1.165) is 36.9 Å². The van der Waals surface area contributed by atoms with Crippen LogP contribution < -0.4 is 10.2 Å². The van der Waals surface area contributed by atoms with E-state index >= 15 is 0 Å². The first-order valence-electron chi connectivity index (χ1n) is 7.99. The van der Waals surface area contributed by atoms with Crippen molar-refractivity contribution in [2.75, 3.05) is 42.9 Å². The van der Waals surface area contributed by atoms with Crippen LogP contribution in [0.25, 0.3) is 0 Å². The van der Waals surface area contributed by atoms with Crippen LogP contribution >= 0.6 is 34.8 Å². The van der Waals surface area contributed by atoms with E-state index in [-0.39, 0.29) is 5.91 Å². The minimum atomic E-state index is -0.0795. The van der Waals surface area contributed by atoms with Gasteiger partial charge in [-0.1, -0.05) is 34.8 Å². The van der Waals surface area contributed by atoms with E-state index in [2.05, 4.69) is 15.1 Å². The number of rotatable bonds is 4. The Bertz CT molecular complexity index is 744. The SMILES string of the molecule is O=C(CN1CCN(c2ccc(Cl)cc2)CC1)Nc1ccc(Cl)cc1Cl. The van der Waals surface area contributed by atoms with E-state index in [1.165, 1.54) is 0 Å². The molecule has 1 saturated heterocycles. The predicted molar refractivity (Wildman–Crippen MR) is 105 cm³/mol. The standard InChI is InChI=1S/C18H18Cl3N3O/c19-13-1-4-15(5-2-13)24-9-7-23(8-10-24)12-18(25)22-17-6-3-14(20)11-16(17)21/h1-6,11H,7-10,12H2,(H,22,25). The zero-order chi connectivity index (χ0) is 17.8. The van der Waals surface area contributed by atoms with E-state index in [0.29, 0.717) is 22.3 Å². The molecule has 3 rings (SSSR count). The third kappa shape index (κ3) is 5.02. The Morgan fingerprint density at radius 2 is 1.56 bits per heavy atom. The maximum Gasteiger partial charge on any atom is 0.238 e. The van der Waals surface area contributed by atoms with Gasteiger partial charge in [0, 0.05) is 41.9 Å². The van der Waals surface area contributed by atoms with E-state index in [1.807, 2.05) is 24.3 Å². The molecule has 2 aromatic carbocycles. The molecular formula is C18H18Cl3N3O. The maximum atomic E-state index is 12.2. The molecule has 0 unspecified atom stereocenters. The van der Waals surface area contributed by atoms with Gasteiger partial charge in [0.1, 0.15) is 0 Å². The van der Waals surface area contributed by atoms with Gasteiger partial charge < -0.3 is 10.2 Å². The zero-order valence-corrected chi connectivity index (χ0v) is 15.8. The molecule has 1 aliphatic rings. The molecule has 1 amide bonds. The summed E-state index contributed by atoms with van der Waals surface area (Å²) in [4.78, 5) is 16.7. The fourth-order valence-corrected chi connectivity index (χ4v) is 3.38. The minimum absolute atomic E-state index is 0.0795. The summed E-state index contributed by atoms with van der Waals surface area (Å²) in [6.45, 7) is 3.73. The number of carbonyl (C=O) groups excluding carboxylic acids is 1. The molecule has 25 heavy (non-hydrogen) atoms. The molecule has 0 aromatic heterocycles.